The molecule has 2 aliphatic heterocycles. The number of aliphatic hydroxyl groups excluding tert-OH is 1. The van der Waals surface area contributed by atoms with Gasteiger partial charge in [0, 0.05) is 17.5 Å². The van der Waals surface area contributed by atoms with Crippen LogP contribution in [0.4, 0.5) is 0 Å². The SMILES string of the molecule is CC(CNC=N)SCC1=C(C(=O)O)N2C(=O)C(C(C)O)C2C1. The van der Waals surface area contributed by atoms with E-state index in [0.29, 0.717) is 18.7 Å². The third kappa shape index (κ3) is 2.98. The van der Waals surface area contributed by atoms with Crippen LogP contribution in [0.5, 0.6) is 0 Å². The summed E-state index contributed by atoms with van der Waals surface area (Å²) >= 11 is 1.59. The number of amides is 1. The molecule has 4 unspecified atom stereocenters. The average molecular weight is 327 g/mol. The van der Waals surface area contributed by atoms with Crippen molar-refractivity contribution in [2.45, 2.75) is 37.7 Å². The molecule has 0 aromatic heterocycles. The summed E-state index contributed by atoms with van der Waals surface area (Å²) in [4.78, 5) is 24.9. The number of hydrogen-bond acceptors (Lipinski definition) is 5. The molecule has 0 aliphatic carbocycles. The minimum Gasteiger partial charge on any atom is -0.477 e. The molecule has 2 aliphatic rings. The van der Waals surface area contributed by atoms with Gasteiger partial charge in [-0.1, -0.05) is 6.92 Å². The van der Waals surface area contributed by atoms with Crippen LogP contribution in [-0.4, -0.2) is 63.0 Å². The number of carboxylic acids is 1. The molecule has 0 aromatic rings. The lowest BCUT2D eigenvalue weighted by Crippen LogP contribution is -2.61. The summed E-state index contributed by atoms with van der Waals surface area (Å²) in [6.07, 6.45) is 0.888. The molecule has 1 saturated heterocycles. The van der Waals surface area contributed by atoms with E-state index in [1.54, 1.807) is 18.7 Å². The maximum atomic E-state index is 12.1. The molecule has 8 heteroatoms. The molecule has 0 radical (unpaired) electrons. The third-order valence-corrected chi connectivity index (χ3v) is 5.32. The Morgan fingerprint density at radius 3 is 2.82 bits per heavy atom. The number of carbonyl (C=O) groups is 2. The summed E-state index contributed by atoms with van der Waals surface area (Å²) in [6.45, 7) is 4.19. The molecule has 22 heavy (non-hydrogen) atoms. The third-order valence-electron chi connectivity index (χ3n) is 4.07. The van der Waals surface area contributed by atoms with Crippen LogP contribution < -0.4 is 5.32 Å². The van der Waals surface area contributed by atoms with Gasteiger partial charge in [0.2, 0.25) is 5.91 Å². The van der Waals surface area contributed by atoms with E-state index in [1.165, 1.54) is 4.90 Å². The Morgan fingerprint density at radius 2 is 2.27 bits per heavy atom. The molecule has 1 amide bonds. The first-order chi connectivity index (χ1) is 10.4. The molecule has 4 atom stereocenters. The second-order valence-electron chi connectivity index (χ2n) is 5.68. The highest BCUT2D eigenvalue weighted by atomic mass is 32.2. The Kier molecular flexibility index (Phi) is 5.12. The lowest BCUT2D eigenvalue weighted by atomic mass is 9.83. The number of carbonyl (C=O) groups excluding carboxylic acids is 1. The fourth-order valence-electron chi connectivity index (χ4n) is 3.02. The summed E-state index contributed by atoms with van der Waals surface area (Å²) in [5.41, 5.74) is 0.840. The number of rotatable bonds is 8. The first kappa shape index (κ1) is 16.8. The highest BCUT2D eigenvalue weighted by Gasteiger charge is 2.56. The van der Waals surface area contributed by atoms with Crippen LogP contribution in [0.15, 0.2) is 11.3 Å². The van der Waals surface area contributed by atoms with Crippen molar-refractivity contribution in [1.29, 1.82) is 5.41 Å². The topological polar surface area (TPSA) is 114 Å². The van der Waals surface area contributed by atoms with Crippen molar-refractivity contribution < 1.29 is 19.8 Å². The zero-order chi connectivity index (χ0) is 16.4. The molecule has 0 aromatic carbocycles. The van der Waals surface area contributed by atoms with Gasteiger partial charge in [-0.25, -0.2) is 4.79 Å². The van der Waals surface area contributed by atoms with Crippen LogP contribution in [0.3, 0.4) is 0 Å². The monoisotopic (exact) mass is 327 g/mol. The molecule has 7 nitrogen and oxygen atoms in total. The summed E-state index contributed by atoms with van der Waals surface area (Å²) < 4.78 is 0. The lowest BCUT2D eigenvalue weighted by molar-refractivity contribution is -0.161. The predicted molar refractivity (Wildman–Crippen MR) is 83.8 cm³/mol. The average Bonchev–Trinajstić information content (AvgIpc) is 2.76. The van der Waals surface area contributed by atoms with Gasteiger partial charge in [-0.3, -0.25) is 10.2 Å². The molecule has 2 heterocycles. The van der Waals surface area contributed by atoms with Crippen molar-refractivity contribution in [2.24, 2.45) is 5.92 Å². The number of β-lactam (4-membered cyclic amide) rings is 1. The van der Waals surface area contributed by atoms with Gasteiger partial charge in [-0.05, 0) is 18.9 Å². The van der Waals surface area contributed by atoms with Crippen molar-refractivity contribution in [3.63, 3.8) is 0 Å². The Balaban J connectivity index is 2.05. The Bertz CT molecular complexity index is 520. The second kappa shape index (κ2) is 6.70. The number of fused-ring (bicyclic) bond motifs is 1. The van der Waals surface area contributed by atoms with Crippen LogP contribution >= 0.6 is 11.8 Å². The zero-order valence-electron chi connectivity index (χ0n) is 12.6. The molecule has 2 rings (SSSR count). The van der Waals surface area contributed by atoms with E-state index in [0.717, 1.165) is 11.9 Å². The Morgan fingerprint density at radius 1 is 1.59 bits per heavy atom. The number of nitrogens with zero attached hydrogens (tertiary/aromatic N) is 1. The number of aliphatic hydroxyl groups is 1. The standard InChI is InChI=1S/C14H21N3O4S/c1-7(4-16-6-15)22-5-9-3-10-11(8(2)18)13(19)17(10)12(9)14(20)21/h6-8,10-11,18H,3-5H2,1-2H3,(H2,15,16)(H,20,21). The number of nitrogens with one attached hydrogen (secondary N) is 2. The fourth-order valence-corrected chi connectivity index (χ4v) is 3.97. The van der Waals surface area contributed by atoms with Crippen molar-refractivity contribution in [2.75, 3.05) is 12.3 Å². The van der Waals surface area contributed by atoms with Gasteiger partial charge < -0.3 is 20.4 Å². The van der Waals surface area contributed by atoms with E-state index in [2.05, 4.69) is 5.32 Å². The van der Waals surface area contributed by atoms with Crippen molar-refractivity contribution >= 4 is 30.0 Å². The zero-order valence-corrected chi connectivity index (χ0v) is 13.4. The van der Waals surface area contributed by atoms with Crippen molar-refractivity contribution in [3.05, 3.63) is 11.3 Å². The predicted octanol–water partition coefficient (Wildman–Crippen LogP) is 0.255. The summed E-state index contributed by atoms with van der Waals surface area (Å²) in [5, 5.41) is 29.0. The normalized spacial score (nSPS) is 26.3. The van der Waals surface area contributed by atoms with Gasteiger partial charge in [0.15, 0.2) is 0 Å². The van der Waals surface area contributed by atoms with Crippen molar-refractivity contribution in [1.82, 2.24) is 10.2 Å². The molecule has 0 bridgehead atoms. The number of hydrogen-bond donors (Lipinski definition) is 4. The molecule has 4 N–H and O–H groups in total. The Labute approximate surface area is 133 Å². The van der Waals surface area contributed by atoms with Crippen LogP contribution in [0.1, 0.15) is 20.3 Å². The van der Waals surface area contributed by atoms with Gasteiger partial charge in [0.1, 0.15) is 5.70 Å². The maximum absolute atomic E-state index is 12.1. The number of thioether (sulfide) groups is 1. The minimum absolute atomic E-state index is 0.0895. The van der Waals surface area contributed by atoms with Gasteiger partial charge in [0.05, 0.1) is 24.4 Å². The summed E-state index contributed by atoms with van der Waals surface area (Å²) in [6, 6.07) is -0.218. The minimum atomic E-state index is -1.08. The van der Waals surface area contributed by atoms with E-state index in [-0.39, 0.29) is 22.9 Å². The molecular weight excluding hydrogens is 306 g/mol. The van der Waals surface area contributed by atoms with Crippen molar-refractivity contribution in [3.8, 4) is 0 Å². The van der Waals surface area contributed by atoms with E-state index in [9.17, 15) is 19.8 Å². The molecule has 0 spiro atoms. The highest BCUT2D eigenvalue weighted by molar-refractivity contribution is 8.00. The maximum Gasteiger partial charge on any atom is 0.352 e. The van der Waals surface area contributed by atoms with Crippen LogP contribution in [-0.2, 0) is 9.59 Å². The Hall–Kier alpha value is -1.54. The summed E-state index contributed by atoms with van der Waals surface area (Å²) in [7, 11) is 0. The molecule has 1 fully saturated rings. The van der Waals surface area contributed by atoms with Gasteiger partial charge in [-0.15, -0.1) is 0 Å². The summed E-state index contributed by atoms with van der Waals surface area (Å²) in [5.74, 6) is -1.33. The molecule has 0 saturated carbocycles. The van der Waals surface area contributed by atoms with Gasteiger partial charge in [-0.2, -0.15) is 11.8 Å². The van der Waals surface area contributed by atoms with Crippen LogP contribution in [0.25, 0.3) is 0 Å². The fraction of sp³-hybridized carbons (Fsp3) is 0.643. The van der Waals surface area contributed by atoms with Crippen LogP contribution in [0, 0.1) is 11.3 Å². The molecule has 122 valence electrons. The number of carboxylic acid groups (broad SMARTS) is 1. The van der Waals surface area contributed by atoms with Gasteiger partial charge in [0.25, 0.3) is 0 Å². The highest BCUT2D eigenvalue weighted by Crippen LogP contribution is 2.44. The van der Waals surface area contributed by atoms with E-state index in [4.69, 9.17) is 5.41 Å². The quantitative estimate of drug-likeness (QED) is 0.289. The smallest absolute Gasteiger partial charge is 0.352 e. The molecular formula is C14H21N3O4S. The largest absolute Gasteiger partial charge is 0.477 e. The van der Waals surface area contributed by atoms with Crippen LogP contribution in [0.2, 0.25) is 0 Å². The van der Waals surface area contributed by atoms with Gasteiger partial charge >= 0.3 is 5.97 Å². The second-order valence-corrected chi connectivity index (χ2v) is 7.10. The number of aliphatic carboxylic acids is 1. The first-order valence-corrected chi connectivity index (χ1v) is 8.23. The lowest BCUT2D eigenvalue weighted by Gasteiger charge is -2.44. The van der Waals surface area contributed by atoms with E-state index < -0.39 is 18.0 Å². The van der Waals surface area contributed by atoms with E-state index in [1.807, 2.05) is 6.92 Å². The van der Waals surface area contributed by atoms with E-state index >= 15 is 0 Å². The first-order valence-electron chi connectivity index (χ1n) is 7.18.